The van der Waals surface area contributed by atoms with Gasteiger partial charge >= 0.3 is 0 Å². The molecule has 0 aromatic heterocycles. The van der Waals surface area contributed by atoms with E-state index in [9.17, 15) is 12.8 Å². The molecule has 0 aliphatic carbocycles. The molecule has 1 N–H and O–H groups in total. The molecule has 0 radical (unpaired) electrons. The highest BCUT2D eigenvalue weighted by molar-refractivity contribution is 7.89. The number of rotatable bonds is 11. The fourth-order valence-electron chi connectivity index (χ4n) is 2.16. The van der Waals surface area contributed by atoms with Gasteiger partial charge in [-0.1, -0.05) is 51.9 Å². The zero-order valence-corrected chi connectivity index (χ0v) is 13.6. The Morgan fingerprint density at radius 3 is 2.00 bits per heavy atom. The summed E-state index contributed by atoms with van der Waals surface area (Å²) in [7, 11) is -3.50. The van der Waals surface area contributed by atoms with Crippen LogP contribution in [0.1, 0.15) is 58.3 Å². The second kappa shape index (κ2) is 9.90. The third-order valence-corrected chi connectivity index (χ3v) is 4.92. The Balaban J connectivity index is 2.15. The van der Waals surface area contributed by atoms with E-state index in [0.29, 0.717) is 6.54 Å². The number of halogens is 1. The molecule has 3 nitrogen and oxygen atoms in total. The van der Waals surface area contributed by atoms with E-state index in [1.807, 2.05) is 0 Å². The fraction of sp³-hybridized carbons (Fsp3) is 0.625. The summed E-state index contributed by atoms with van der Waals surface area (Å²) in [4.78, 5) is 0.114. The van der Waals surface area contributed by atoms with Crippen molar-refractivity contribution in [2.45, 2.75) is 63.2 Å². The highest BCUT2D eigenvalue weighted by atomic mass is 32.2. The van der Waals surface area contributed by atoms with Gasteiger partial charge in [0.25, 0.3) is 0 Å². The summed E-state index contributed by atoms with van der Waals surface area (Å²) in [5.41, 5.74) is 0. The molecule has 0 aliphatic heterocycles. The molecule has 1 aromatic rings. The van der Waals surface area contributed by atoms with Crippen molar-refractivity contribution in [3.05, 3.63) is 30.1 Å². The van der Waals surface area contributed by atoms with Crippen molar-refractivity contribution in [1.29, 1.82) is 0 Å². The van der Waals surface area contributed by atoms with E-state index in [-0.39, 0.29) is 4.90 Å². The van der Waals surface area contributed by atoms with Crippen molar-refractivity contribution in [3.63, 3.8) is 0 Å². The summed E-state index contributed by atoms with van der Waals surface area (Å²) in [6, 6.07) is 4.88. The number of hydrogen-bond acceptors (Lipinski definition) is 2. The Bertz CT molecular complexity index is 486. The molecule has 0 saturated heterocycles. The topological polar surface area (TPSA) is 46.2 Å². The van der Waals surface area contributed by atoms with E-state index < -0.39 is 15.8 Å². The zero-order chi connectivity index (χ0) is 15.6. The molecule has 1 aromatic carbocycles. The van der Waals surface area contributed by atoms with Gasteiger partial charge in [0.2, 0.25) is 10.0 Å². The van der Waals surface area contributed by atoms with Crippen LogP contribution in [0, 0.1) is 5.82 Å². The largest absolute Gasteiger partial charge is 0.240 e. The second-order valence-electron chi connectivity index (χ2n) is 5.33. The van der Waals surface area contributed by atoms with Gasteiger partial charge in [-0.25, -0.2) is 17.5 Å². The normalized spacial score (nSPS) is 11.7. The summed E-state index contributed by atoms with van der Waals surface area (Å²) in [5.74, 6) is -0.433. The highest BCUT2D eigenvalue weighted by Crippen LogP contribution is 2.11. The minimum absolute atomic E-state index is 0.114. The van der Waals surface area contributed by atoms with E-state index >= 15 is 0 Å². The van der Waals surface area contributed by atoms with Gasteiger partial charge in [0.15, 0.2) is 0 Å². The van der Waals surface area contributed by atoms with Crippen LogP contribution in [-0.4, -0.2) is 15.0 Å². The van der Waals surface area contributed by atoms with Crippen molar-refractivity contribution in [2.75, 3.05) is 6.54 Å². The maximum absolute atomic E-state index is 12.8. The minimum atomic E-state index is -3.50. The summed E-state index contributed by atoms with van der Waals surface area (Å²) in [6.07, 6.45) is 9.39. The summed E-state index contributed by atoms with van der Waals surface area (Å²) in [5, 5.41) is 0. The van der Waals surface area contributed by atoms with Gasteiger partial charge in [0.05, 0.1) is 4.90 Å². The molecular weight excluding hydrogens is 289 g/mol. The number of nitrogens with one attached hydrogen (secondary N) is 1. The first-order valence-corrected chi connectivity index (χ1v) is 9.30. The van der Waals surface area contributed by atoms with E-state index in [1.54, 1.807) is 0 Å². The molecule has 21 heavy (non-hydrogen) atoms. The van der Waals surface area contributed by atoms with E-state index in [0.717, 1.165) is 31.4 Å². The van der Waals surface area contributed by atoms with Gasteiger partial charge in [0.1, 0.15) is 5.82 Å². The lowest BCUT2D eigenvalue weighted by molar-refractivity contribution is 0.558. The van der Waals surface area contributed by atoms with Crippen LogP contribution in [0.4, 0.5) is 4.39 Å². The zero-order valence-electron chi connectivity index (χ0n) is 12.8. The van der Waals surface area contributed by atoms with Crippen molar-refractivity contribution in [1.82, 2.24) is 4.72 Å². The van der Waals surface area contributed by atoms with Crippen LogP contribution in [0.3, 0.4) is 0 Å². The Hall–Kier alpha value is -0.940. The number of unbranched alkanes of at least 4 members (excludes halogenated alkanes) is 7. The molecule has 0 bridgehead atoms. The molecule has 120 valence electrons. The lowest BCUT2D eigenvalue weighted by Gasteiger charge is -2.06. The van der Waals surface area contributed by atoms with Crippen LogP contribution >= 0.6 is 0 Å². The predicted molar refractivity (Wildman–Crippen MR) is 84.2 cm³/mol. The van der Waals surface area contributed by atoms with Gasteiger partial charge < -0.3 is 0 Å². The lowest BCUT2D eigenvalue weighted by atomic mass is 10.1. The molecule has 1 rings (SSSR count). The molecular formula is C16H26FNO2S. The van der Waals surface area contributed by atoms with Crippen LogP contribution in [0.5, 0.6) is 0 Å². The monoisotopic (exact) mass is 315 g/mol. The van der Waals surface area contributed by atoms with E-state index in [1.165, 1.54) is 44.2 Å². The second-order valence-corrected chi connectivity index (χ2v) is 7.09. The molecule has 0 unspecified atom stereocenters. The minimum Gasteiger partial charge on any atom is -0.211 e. The average Bonchev–Trinajstić information content (AvgIpc) is 2.46. The van der Waals surface area contributed by atoms with Crippen LogP contribution in [-0.2, 0) is 10.0 Å². The fourth-order valence-corrected chi connectivity index (χ4v) is 3.24. The predicted octanol–water partition coefficient (Wildman–Crippen LogP) is 4.24. The third-order valence-electron chi connectivity index (χ3n) is 3.45. The van der Waals surface area contributed by atoms with Crippen molar-refractivity contribution >= 4 is 10.0 Å². The van der Waals surface area contributed by atoms with Crippen LogP contribution in [0.2, 0.25) is 0 Å². The molecule has 0 aliphatic rings. The molecule has 0 saturated carbocycles. The Labute approximate surface area is 128 Å². The summed E-state index contributed by atoms with van der Waals surface area (Å²) < 4.78 is 39.2. The maximum Gasteiger partial charge on any atom is 0.240 e. The molecule has 0 atom stereocenters. The molecule has 0 heterocycles. The first-order chi connectivity index (χ1) is 10.1. The highest BCUT2D eigenvalue weighted by Gasteiger charge is 2.12. The molecule has 0 fully saturated rings. The first kappa shape index (κ1) is 18.1. The molecule has 5 heteroatoms. The van der Waals surface area contributed by atoms with Crippen molar-refractivity contribution in [3.8, 4) is 0 Å². The van der Waals surface area contributed by atoms with Crippen LogP contribution in [0.25, 0.3) is 0 Å². The summed E-state index contributed by atoms with van der Waals surface area (Å²) in [6.45, 7) is 2.64. The van der Waals surface area contributed by atoms with Gasteiger partial charge in [0, 0.05) is 6.54 Å². The number of sulfonamides is 1. The number of benzene rings is 1. The van der Waals surface area contributed by atoms with E-state index in [4.69, 9.17) is 0 Å². The summed E-state index contributed by atoms with van der Waals surface area (Å²) >= 11 is 0. The van der Waals surface area contributed by atoms with Gasteiger partial charge in [-0.2, -0.15) is 0 Å². The SMILES string of the molecule is CCCCCCCCCCNS(=O)(=O)c1ccc(F)cc1. The molecule has 0 spiro atoms. The Morgan fingerprint density at radius 2 is 1.43 bits per heavy atom. The van der Waals surface area contributed by atoms with E-state index in [2.05, 4.69) is 11.6 Å². The van der Waals surface area contributed by atoms with Gasteiger partial charge in [-0.05, 0) is 30.7 Å². The van der Waals surface area contributed by atoms with Crippen LogP contribution < -0.4 is 4.72 Å². The Morgan fingerprint density at radius 1 is 0.905 bits per heavy atom. The van der Waals surface area contributed by atoms with Gasteiger partial charge in [-0.3, -0.25) is 0 Å². The molecule has 0 amide bonds. The number of hydrogen-bond donors (Lipinski definition) is 1. The third kappa shape index (κ3) is 7.58. The van der Waals surface area contributed by atoms with Crippen molar-refractivity contribution in [2.24, 2.45) is 0 Å². The van der Waals surface area contributed by atoms with Crippen molar-refractivity contribution < 1.29 is 12.8 Å². The van der Waals surface area contributed by atoms with Crippen LogP contribution in [0.15, 0.2) is 29.2 Å². The standard InChI is InChI=1S/C16H26FNO2S/c1-2-3-4-5-6-7-8-9-14-18-21(19,20)16-12-10-15(17)11-13-16/h10-13,18H,2-9,14H2,1H3. The first-order valence-electron chi connectivity index (χ1n) is 7.81. The average molecular weight is 315 g/mol. The Kier molecular flexibility index (Phi) is 8.54. The maximum atomic E-state index is 12.8. The lowest BCUT2D eigenvalue weighted by Crippen LogP contribution is -2.24. The smallest absolute Gasteiger partial charge is 0.211 e. The quantitative estimate of drug-likeness (QED) is 0.621. The van der Waals surface area contributed by atoms with Gasteiger partial charge in [-0.15, -0.1) is 0 Å².